The van der Waals surface area contributed by atoms with Crippen molar-refractivity contribution in [3.05, 3.63) is 28.5 Å². The molecule has 1 aliphatic carbocycles. The van der Waals surface area contributed by atoms with Gasteiger partial charge in [0.15, 0.2) is 0 Å². The van der Waals surface area contributed by atoms with E-state index < -0.39 is 5.82 Å². The zero-order valence-electron chi connectivity index (χ0n) is 9.53. The fourth-order valence-corrected chi connectivity index (χ4v) is 3.14. The van der Waals surface area contributed by atoms with Gasteiger partial charge in [0, 0.05) is 16.3 Å². The number of piperidine rings is 1. The van der Waals surface area contributed by atoms with Gasteiger partial charge in [-0.15, -0.1) is 0 Å². The number of rotatable bonds is 1. The van der Waals surface area contributed by atoms with E-state index in [-0.39, 0.29) is 29.3 Å². The molecule has 1 saturated carbocycles. The highest BCUT2D eigenvalue weighted by Crippen LogP contribution is 2.40. The number of anilines is 1. The molecule has 1 heterocycles. The van der Waals surface area contributed by atoms with Crippen LogP contribution in [0.3, 0.4) is 0 Å². The van der Waals surface area contributed by atoms with Crippen molar-refractivity contribution in [3.63, 3.8) is 0 Å². The van der Waals surface area contributed by atoms with Gasteiger partial charge in [0.2, 0.25) is 11.8 Å². The summed E-state index contributed by atoms with van der Waals surface area (Å²) in [4.78, 5) is 25.4. The van der Waals surface area contributed by atoms with Crippen molar-refractivity contribution in [1.82, 2.24) is 0 Å². The van der Waals surface area contributed by atoms with Crippen LogP contribution in [0, 0.1) is 17.7 Å². The Labute approximate surface area is 112 Å². The summed E-state index contributed by atoms with van der Waals surface area (Å²) in [5, 5.41) is 0. The Bertz CT molecular complexity index is 524. The number of fused-ring (bicyclic) bond motifs is 2. The number of imide groups is 1. The fraction of sp³-hybridized carbons (Fsp3) is 0.385. The lowest BCUT2D eigenvalue weighted by Gasteiger charge is -2.29. The predicted molar refractivity (Wildman–Crippen MR) is 67.4 cm³/mol. The van der Waals surface area contributed by atoms with Gasteiger partial charge >= 0.3 is 0 Å². The first-order valence-corrected chi connectivity index (χ1v) is 6.70. The van der Waals surface area contributed by atoms with E-state index in [2.05, 4.69) is 15.9 Å². The molecule has 1 saturated heterocycles. The Morgan fingerprint density at radius 3 is 2.33 bits per heavy atom. The maximum Gasteiger partial charge on any atom is 0.236 e. The standard InChI is InChI=1S/C13H11BrFNO2/c14-9-3-4-11(10(15)6-9)16-12(17)7-1-2-8(5-7)13(16)18/h3-4,6-8H,1-2,5H2. The number of hydrogen-bond acceptors (Lipinski definition) is 2. The zero-order valence-corrected chi connectivity index (χ0v) is 11.1. The molecule has 0 spiro atoms. The smallest absolute Gasteiger partial charge is 0.236 e. The van der Waals surface area contributed by atoms with Crippen molar-refractivity contribution < 1.29 is 14.0 Å². The van der Waals surface area contributed by atoms with Crippen LogP contribution in [0.1, 0.15) is 19.3 Å². The molecule has 2 amide bonds. The van der Waals surface area contributed by atoms with E-state index in [9.17, 15) is 14.0 Å². The first-order chi connectivity index (χ1) is 8.58. The monoisotopic (exact) mass is 311 g/mol. The summed E-state index contributed by atoms with van der Waals surface area (Å²) >= 11 is 3.16. The van der Waals surface area contributed by atoms with Gasteiger partial charge in [-0.05, 0) is 37.5 Å². The minimum absolute atomic E-state index is 0.0739. The Balaban J connectivity index is 2.05. The second-order valence-electron chi connectivity index (χ2n) is 4.81. The molecule has 2 aliphatic rings. The fourth-order valence-electron chi connectivity index (χ4n) is 2.80. The van der Waals surface area contributed by atoms with Gasteiger partial charge in [-0.3, -0.25) is 9.59 Å². The lowest BCUT2D eigenvalue weighted by Crippen LogP contribution is -2.46. The number of carbonyl (C=O) groups is 2. The van der Waals surface area contributed by atoms with Crippen molar-refractivity contribution in [2.24, 2.45) is 11.8 Å². The van der Waals surface area contributed by atoms with E-state index >= 15 is 0 Å². The van der Waals surface area contributed by atoms with Gasteiger partial charge < -0.3 is 0 Å². The van der Waals surface area contributed by atoms with Gasteiger partial charge in [0.1, 0.15) is 5.82 Å². The zero-order chi connectivity index (χ0) is 12.9. The second-order valence-corrected chi connectivity index (χ2v) is 5.73. The van der Waals surface area contributed by atoms with Crippen molar-refractivity contribution in [2.75, 3.05) is 4.90 Å². The third-order valence-electron chi connectivity index (χ3n) is 3.72. The summed E-state index contributed by atoms with van der Waals surface area (Å²) in [7, 11) is 0. The maximum atomic E-state index is 13.9. The molecule has 2 unspecified atom stereocenters. The molecule has 1 aromatic rings. The van der Waals surface area contributed by atoms with Crippen LogP contribution in [0.5, 0.6) is 0 Å². The van der Waals surface area contributed by atoms with E-state index in [1.165, 1.54) is 12.1 Å². The highest BCUT2D eigenvalue weighted by molar-refractivity contribution is 9.10. The minimum Gasteiger partial charge on any atom is -0.274 e. The Morgan fingerprint density at radius 2 is 1.78 bits per heavy atom. The quantitative estimate of drug-likeness (QED) is 0.748. The summed E-state index contributed by atoms with van der Waals surface area (Å²) in [6.45, 7) is 0. The SMILES string of the molecule is O=C1C2CCC(C2)C(=O)N1c1ccc(Br)cc1F. The average Bonchev–Trinajstić information content (AvgIpc) is 2.76. The van der Waals surface area contributed by atoms with Crippen molar-refractivity contribution >= 4 is 33.4 Å². The third-order valence-corrected chi connectivity index (χ3v) is 4.22. The highest BCUT2D eigenvalue weighted by atomic mass is 79.9. The van der Waals surface area contributed by atoms with Crippen LogP contribution in [0.4, 0.5) is 10.1 Å². The normalized spacial score (nSPS) is 26.9. The van der Waals surface area contributed by atoms with Gasteiger partial charge in [-0.25, -0.2) is 9.29 Å². The Morgan fingerprint density at radius 1 is 1.17 bits per heavy atom. The lowest BCUT2D eigenvalue weighted by atomic mass is 9.96. The number of hydrogen-bond donors (Lipinski definition) is 0. The van der Waals surface area contributed by atoms with Crippen LogP contribution in [-0.2, 0) is 9.59 Å². The summed E-state index contributed by atoms with van der Waals surface area (Å²) < 4.78 is 14.5. The summed E-state index contributed by atoms with van der Waals surface area (Å²) in [6, 6.07) is 4.38. The number of benzene rings is 1. The van der Waals surface area contributed by atoms with E-state index in [0.29, 0.717) is 10.9 Å². The predicted octanol–water partition coefficient (Wildman–Crippen LogP) is 2.88. The van der Waals surface area contributed by atoms with Gasteiger partial charge in [-0.2, -0.15) is 0 Å². The number of carbonyl (C=O) groups excluding carboxylic acids is 2. The minimum atomic E-state index is -0.549. The molecule has 18 heavy (non-hydrogen) atoms. The van der Waals surface area contributed by atoms with E-state index in [4.69, 9.17) is 0 Å². The largest absolute Gasteiger partial charge is 0.274 e. The molecule has 3 rings (SSSR count). The lowest BCUT2D eigenvalue weighted by molar-refractivity contribution is -0.133. The maximum absolute atomic E-state index is 13.9. The van der Waals surface area contributed by atoms with Gasteiger partial charge in [-0.1, -0.05) is 15.9 Å². The summed E-state index contributed by atoms with van der Waals surface area (Å²) in [5.41, 5.74) is 0.0739. The van der Waals surface area contributed by atoms with Crippen LogP contribution in [-0.4, -0.2) is 11.8 Å². The molecular weight excluding hydrogens is 301 g/mol. The van der Waals surface area contributed by atoms with Crippen molar-refractivity contribution in [2.45, 2.75) is 19.3 Å². The topological polar surface area (TPSA) is 37.4 Å². The van der Waals surface area contributed by atoms with Crippen LogP contribution in [0.2, 0.25) is 0 Å². The number of amides is 2. The van der Waals surface area contributed by atoms with Crippen LogP contribution in [0.25, 0.3) is 0 Å². The number of nitrogens with zero attached hydrogens (tertiary/aromatic N) is 1. The summed E-state index contributed by atoms with van der Waals surface area (Å²) in [5.74, 6) is -1.29. The molecule has 2 atom stereocenters. The van der Waals surface area contributed by atoms with Crippen molar-refractivity contribution in [1.29, 1.82) is 0 Å². The first kappa shape index (κ1) is 11.8. The highest BCUT2D eigenvalue weighted by Gasteiger charge is 2.46. The molecule has 0 N–H and O–H groups in total. The molecule has 1 aromatic carbocycles. The molecule has 2 fully saturated rings. The Kier molecular flexibility index (Phi) is 2.73. The number of halogens is 2. The van der Waals surface area contributed by atoms with E-state index in [1.54, 1.807) is 6.07 Å². The molecule has 0 aromatic heterocycles. The van der Waals surface area contributed by atoms with Gasteiger partial charge in [0.25, 0.3) is 0 Å². The third kappa shape index (κ3) is 1.68. The second kappa shape index (κ2) is 4.16. The molecule has 0 radical (unpaired) electrons. The summed E-state index contributed by atoms with van der Waals surface area (Å²) in [6.07, 6.45) is 2.11. The van der Waals surface area contributed by atoms with Crippen LogP contribution in [0.15, 0.2) is 22.7 Å². The molecule has 5 heteroatoms. The van der Waals surface area contributed by atoms with E-state index in [1.807, 2.05) is 0 Å². The first-order valence-electron chi connectivity index (χ1n) is 5.91. The van der Waals surface area contributed by atoms with E-state index in [0.717, 1.165) is 17.7 Å². The average molecular weight is 312 g/mol. The van der Waals surface area contributed by atoms with Crippen molar-refractivity contribution in [3.8, 4) is 0 Å². The van der Waals surface area contributed by atoms with Gasteiger partial charge in [0.05, 0.1) is 5.69 Å². The van der Waals surface area contributed by atoms with Crippen LogP contribution >= 0.6 is 15.9 Å². The Hall–Kier alpha value is -1.23. The molecule has 2 bridgehead atoms. The molecule has 3 nitrogen and oxygen atoms in total. The van der Waals surface area contributed by atoms with Crippen LogP contribution < -0.4 is 4.90 Å². The molecular formula is C13H11BrFNO2. The molecule has 94 valence electrons. The molecule has 1 aliphatic heterocycles.